The Bertz CT molecular complexity index is 453. The molecule has 1 saturated carbocycles. The first-order valence-corrected chi connectivity index (χ1v) is 7.75. The molecule has 1 aliphatic carbocycles. The number of rotatable bonds is 6. The summed E-state index contributed by atoms with van der Waals surface area (Å²) in [5.74, 6) is 1.05. The molecule has 0 spiro atoms. The SMILES string of the molecule is Cc1nc(N(C)CC2CCCO2)ccc1CNC1CC1. The first-order valence-electron chi connectivity index (χ1n) is 7.75. The Hall–Kier alpha value is -1.13. The lowest BCUT2D eigenvalue weighted by molar-refractivity contribution is 0.116. The Morgan fingerprint density at radius 3 is 2.85 bits per heavy atom. The highest BCUT2D eigenvalue weighted by molar-refractivity contribution is 5.41. The molecule has 1 atom stereocenters. The zero-order chi connectivity index (χ0) is 13.9. The van der Waals surface area contributed by atoms with Crippen LogP contribution in [0.15, 0.2) is 12.1 Å². The van der Waals surface area contributed by atoms with Gasteiger partial charge in [-0.1, -0.05) is 6.07 Å². The Kier molecular flexibility index (Phi) is 4.22. The monoisotopic (exact) mass is 275 g/mol. The van der Waals surface area contributed by atoms with E-state index in [-0.39, 0.29) is 0 Å². The predicted octanol–water partition coefficient (Wildman–Crippen LogP) is 2.26. The molecule has 1 aromatic heterocycles. The van der Waals surface area contributed by atoms with Crippen molar-refractivity contribution in [3.63, 3.8) is 0 Å². The highest BCUT2D eigenvalue weighted by Crippen LogP contribution is 2.21. The highest BCUT2D eigenvalue weighted by atomic mass is 16.5. The number of likely N-dealkylation sites (N-methyl/N-ethyl adjacent to an activating group) is 1. The van der Waals surface area contributed by atoms with Crippen molar-refractivity contribution in [2.45, 2.75) is 51.3 Å². The second kappa shape index (κ2) is 6.10. The molecule has 1 saturated heterocycles. The zero-order valence-electron chi connectivity index (χ0n) is 12.6. The summed E-state index contributed by atoms with van der Waals surface area (Å²) in [5.41, 5.74) is 2.45. The fourth-order valence-corrected chi connectivity index (χ4v) is 2.71. The van der Waals surface area contributed by atoms with Gasteiger partial charge in [0.05, 0.1) is 6.10 Å². The van der Waals surface area contributed by atoms with Crippen LogP contribution in [0, 0.1) is 6.92 Å². The summed E-state index contributed by atoms with van der Waals surface area (Å²) in [6.07, 6.45) is 5.39. The molecular weight excluding hydrogens is 250 g/mol. The van der Waals surface area contributed by atoms with Gasteiger partial charge in [-0.05, 0) is 44.2 Å². The first-order chi connectivity index (χ1) is 9.72. The van der Waals surface area contributed by atoms with Crippen LogP contribution in [0.2, 0.25) is 0 Å². The maximum atomic E-state index is 5.69. The van der Waals surface area contributed by atoms with Gasteiger partial charge in [0, 0.05) is 38.5 Å². The van der Waals surface area contributed by atoms with Crippen LogP contribution in [0.5, 0.6) is 0 Å². The van der Waals surface area contributed by atoms with Crippen molar-refractivity contribution in [3.05, 3.63) is 23.4 Å². The number of nitrogens with one attached hydrogen (secondary N) is 1. The standard InChI is InChI=1S/C16H25N3O/c1-12-13(10-17-14-6-7-14)5-8-16(18-12)19(2)11-15-4-3-9-20-15/h5,8,14-15,17H,3-4,6-7,9-11H2,1-2H3. The average molecular weight is 275 g/mol. The predicted molar refractivity (Wildman–Crippen MR) is 81.1 cm³/mol. The topological polar surface area (TPSA) is 37.4 Å². The minimum absolute atomic E-state index is 0.373. The minimum atomic E-state index is 0.373. The van der Waals surface area contributed by atoms with E-state index in [1.807, 2.05) is 0 Å². The number of pyridine rings is 1. The fourth-order valence-electron chi connectivity index (χ4n) is 2.71. The van der Waals surface area contributed by atoms with Crippen LogP contribution in [-0.2, 0) is 11.3 Å². The van der Waals surface area contributed by atoms with Crippen LogP contribution < -0.4 is 10.2 Å². The summed E-state index contributed by atoms with van der Waals surface area (Å²) in [6, 6.07) is 5.08. The number of hydrogen-bond donors (Lipinski definition) is 1. The zero-order valence-corrected chi connectivity index (χ0v) is 12.6. The Balaban J connectivity index is 1.59. The summed E-state index contributed by atoms with van der Waals surface area (Å²) in [7, 11) is 2.10. The largest absolute Gasteiger partial charge is 0.376 e. The van der Waals surface area contributed by atoms with E-state index in [0.29, 0.717) is 6.10 Å². The average Bonchev–Trinajstić information content (AvgIpc) is 3.13. The van der Waals surface area contributed by atoms with Crippen LogP contribution in [0.4, 0.5) is 5.82 Å². The maximum absolute atomic E-state index is 5.69. The normalized spacial score (nSPS) is 22.2. The lowest BCUT2D eigenvalue weighted by atomic mass is 10.2. The lowest BCUT2D eigenvalue weighted by Gasteiger charge is -2.22. The third kappa shape index (κ3) is 3.49. The van der Waals surface area contributed by atoms with E-state index in [9.17, 15) is 0 Å². The van der Waals surface area contributed by atoms with E-state index in [1.54, 1.807) is 0 Å². The van der Waals surface area contributed by atoms with Gasteiger partial charge >= 0.3 is 0 Å². The van der Waals surface area contributed by atoms with Gasteiger partial charge in [-0.3, -0.25) is 0 Å². The van der Waals surface area contributed by atoms with Crippen LogP contribution >= 0.6 is 0 Å². The molecule has 110 valence electrons. The molecule has 2 aliphatic rings. The molecule has 4 heteroatoms. The van der Waals surface area contributed by atoms with Gasteiger partial charge in [0.2, 0.25) is 0 Å². The van der Waals surface area contributed by atoms with Crippen LogP contribution in [0.3, 0.4) is 0 Å². The van der Waals surface area contributed by atoms with Crippen LogP contribution in [0.1, 0.15) is 36.9 Å². The summed E-state index contributed by atoms with van der Waals surface area (Å²) in [5, 5.41) is 3.55. The highest BCUT2D eigenvalue weighted by Gasteiger charge is 2.21. The van der Waals surface area contributed by atoms with Crippen molar-refractivity contribution in [1.82, 2.24) is 10.3 Å². The molecule has 3 rings (SSSR count). The Morgan fingerprint density at radius 1 is 1.35 bits per heavy atom. The maximum Gasteiger partial charge on any atom is 0.128 e. The van der Waals surface area contributed by atoms with Gasteiger partial charge < -0.3 is 15.0 Å². The van der Waals surface area contributed by atoms with Gasteiger partial charge in [0.1, 0.15) is 5.82 Å². The van der Waals surface area contributed by atoms with Gasteiger partial charge in [0.15, 0.2) is 0 Å². The van der Waals surface area contributed by atoms with E-state index in [4.69, 9.17) is 9.72 Å². The van der Waals surface area contributed by atoms with E-state index in [2.05, 4.69) is 36.3 Å². The fraction of sp³-hybridized carbons (Fsp3) is 0.688. The van der Waals surface area contributed by atoms with Crippen molar-refractivity contribution in [1.29, 1.82) is 0 Å². The molecule has 1 aliphatic heterocycles. The van der Waals surface area contributed by atoms with Gasteiger partial charge in [-0.25, -0.2) is 4.98 Å². The second-order valence-corrected chi connectivity index (χ2v) is 6.08. The molecule has 0 radical (unpaired) electrons. The van der Waals surface area contributed by atoms with Gasteiger partial charge in [0.25, 0.3) is 0 Å². The molecule has 20 heavy (non-hydrogen) atoms. The van der Waals surface area contributed by atoms with E-state index >= 15 is 0 Å². The molecule has 2 heterocycles. The molecule has 2 fully saturated rings. The molecule has 0 aromatic carbocycles. The molecule has 4 nitrogen and oxygen atoms in total. The van der Waals surface area contributed by atoms with Crippen molar-refractivity contribution in [3.8, 4) is 0 Å². The van der Waals surface area contributed by atoms with Crippen LogP contribution in [-0.4, -0.2) is 37.3 Å². The van der Waals surface area contributed by atoms with Crippen molar-refractivity contribution in [2.75, 3.05) is 25.1 Å². The summed E-state index contributed by atoms with van der Waals surface area (Å²) in [6.45, 7) is 4.90. The molecule has 1 N–H and O–H groups in total. The summed E-state index contributed by atoms with van der Waals surface area (Å²) >= 11 is 0. The quantitative estimate of drug-likeness (QED) is 0.864. The molecule has 1 unspecified atom stereocenters. The number of aryl methyl sites for hydroxylation is 1. The van der Waals surface area contributed by atoms with E-state index in [0.717, 1.165) is 37.3 Å². The second-order valence-electron chi connectivity index (χ2n) is 6.08. The number of anilines is 1. The van der Waals surface area contributed by atoms with Crippen molar-refractivity contribution >= 4 is 5.82 Å². The summed E-state index contributed by atoms with van der Waals surface area (Å²) in [4.78, 5) is 6.95. The Morgan fingerprint density at radius 2 is 2.20 bits per heavy atom. The van der Waals surface area contributed by atoms with Crippen molar-refractivity contribution < 1.29 is 4.74 Å². The minimum Gasteiger partial charge on any atom is -0.376 e. The third-order valence-corrected chi connectivity index (χ3v) is 4.23. The smallest absolute Gasteiger partial charge is 0.128 e. The first kappa shape index (κ1) is 13.8. The third-order valence-electron chi connectivity index (χ3n) is 4.23. The van der Waals surface area contributed by atoms with Gasteiger partial charge in [-0.15, -0.1) is 0 Å². The number of nitrogens with zero attached hydrogens (tertiary/aromatic N) is 2. The molecule has 0 amide bonds. The summed E-state index contributed by atoms with van der Waals surface area (Å²) < 4.78 is 5.69. The number of aromatic nitrogens is 1. The van der Waals surface area contributed by atoms with Gasteiger partial charge in [-0.2, -0.15) is 0 Å². The Labute approximate surface area is 121 Å². The molecule has 0 bridgehead atoms. The molecular formula is C16H25N3O. The van der Waals surface area contributed by atoms with Crippen LogP contribution in [0.25, 0.3) is 0 Å². The van der Waals surface area contributed by atoms with Crippen molar-refractivity contribution in [2.24, 2.45) is 0 Å². The number of hydrogen-bond acceptors (Lipinski definition) is 4. The number of ether oxygens (including phenoxy) is 1. The lowest BCUT2D eigenvalue weighted by Crippen LogP contribution is -2.29. The van der Waals surface area contributed by atoms with E-state index < -0.39 is 0 Å². The molecule has 1 aromatic rings. The van der Waals surface area contributed by atoms with E-state index in [1.165, 1.54) is 31.2 Å².